The third-order valence-electron chi connectivity index (χ3n) is 6.60. The van der Waals surface area contributed by atoms with E-state index < -0.39 is 5.92 Å². The van der Waals surface area contributed by atoms with Crippen molar-refractivity contribution in [2.24, 2.45) is 5.41 Å². The molecule has 2 aliphatic rings. The van der Waals surface area contributed by atoms with Gasteiger partial charge < -0.3 is 14.2 Å². The van der Waals surface area contributed by atoms with Crippen molar-refractivity contribution < 1.29 is 23.8 Å². The Kier molecular flexibility index (Phi) is 6.95. The standard InChI is InChI=1S/C26H36O5/c1-7-30-24(28)19(17-9-8-10-18(15-17)29-6)16-20-21-11-12-23(31-25(2,3)4)26(21,5)14-13-22(20)27/h8-10,15,19,23H,7,11-14,16H2,1-6H3/t19?,23-,26-/m0/s1. The number of fused-ring (bicyclic) bond motifs is 1. The first-order valence-corrected chi connectivity index (χ1v) is 11.3. The smallest absolute Gasteiger partial charge is 0.313 e. The molecule has 3 rings (SSSR count). The maximum Gasteiger partial charge on any atom is 0.313 e. The second kappa shape index (κ2) is 9.15. The minimum Gasteiger partial charge on any atom is -0.497 e. The van der Waals surface area contributed by atoms with E-state index in [0.29, 0.717) is 25.2 Å². The summed E-state index contributed by atoms with van der Waals surface area (Å²) < 4.78 is 17.2. The fraction of sp³-hybridized carbons (Fsp3) is 0.615. The van der Waals surface area contributed by atoms with Crippen LogP contribution in [-0.2, 0) is 19.1 Å². The molecule has 0 aromatic heterocycles. The normalized spacial score (nSPS) is 24.7. The monoisotopic (exact) mass is 428 g/mol. The van der Waals surface area contributed by atoms with Crippen LogP contribution in [0.15, 0.2) is 35.4 Å². The summed E-state index contributed by atoms with van der Waals surface area (Å²) in [7, 11) is 1.60. The fourth-order valence-corrected chi connectivity index (χ4v) is 5.07. The Balaban J connectivity index is 1.99. The van der Waals surface area contributed by atoms with Crippen LogP contribution < -0.4 is 4.74 Å². The molecule has 0 saturated heterocycles. The van der Waals surface area contributed by atoms with Crippen molar-refractivity contribution in [3.8, 4) is 5.75 Å². The molecule has 1 unspecified atom stereocenters. The summed E-state index contributed by atoms with van der Waals surface area (Å²) in [4.78, 5) is 26.0. The highest BCUT2D eigenvalue weighted by atomic mass is 16.5. The van der Waals surface area contributed by atoms with Crippen LogP contribution in [0.3, 0.4) is 0 Å². The van der Waals surface area contributed by atoms with E-state index in [1.54, 1.807) is 14.0 Å². The SMILES string of the molecule is CCOC(=O)C(CC1=C2CC[C@H](OC(C)(C)C)[C@@]2(C)CCC1=O)c1cccc(OC)c1. The van der Waals surface area contributed by atoms with Gasteiger partial charge in [0.1, 0.15) is 5.75 Å². The van der Waals surface area contributed by atoms with Crippen LogP contribution in [0.4, 0.5) is 0 Å². The molecular weight excluding hydrogens is 392 g/mol. The van der Waals surface area contributed by atoms with Crippen molar-refractivity contribution in [2.75, 3.05) is 13.7 Å². The van der Waals surface area contributed by atoms with Crippen LogP contribution in [0, 0.1) is 5.41 Å². The molecule has 0 bridgehead atoms. The Morgan fingerprint density at radius 2 is 2.00 bits per heavy atom. The Morgan fingerprint density at radius 3 is 2.65 bits per heavy atom. The van der Waals surface area contributed by atoms with Crippen molar-refractivity contribution in [2.45, 2.75) is 84.3 Å². The lowest BCUT2D eigenvalue weighted by molar-refractivity contribution is -0.145. The van der Waals surface area contributed by atoms with Gasteiger partial charge in [-0.05, 0) is 76.6 Å². The number of esters is 1. The maximum absolute atomic E-state index is 13.1. The molecule has 1 fully saturated rings. The Bertz CT molecular complexity index is 863. The number of ketones is 1. The summed E-state index contributed by atoms with van der Waals surface area (Å²) in [5.41, 5.74) is 2.39. The first kappa shape index (κ1) is 23.5. The van der Waals surface area contributed by atoms with Gasteiger partial charge in [-0.15, -0.1) is 0 Å². The minimum atomic E-state index is -0.536. The van der Waals surface area contributed by atoms with Gasteiger partial charge in [-0.1, -0.05) is 24.6 Å². The molecule has 31 heavy (non-hydrogen) atoms. The first-order chi connectivity index (χ1) is 14.6. The van der Waals surface area contributed by atoms with Gasteiger partial charge in [0, 0.05) is 11.8 Å². The van der Waals surface area contributed by atoms with Crippen molar-refractivity contribution in [1.82, 2.24) is 0 Å². The highest BCUT2D eigenvalue weighted by Crippen LogP contribution is 2.54. The third kappa shape index (κ3) is 5.03. The lowest BCUT2D eigenvalue weighted by atomic mass is 9.69. The minimum absolute atomic E-state index is 0.0865. The summed E-state index contributed by atoms with van der Waals surface area (Å²) in [5, 5.41) is 0. The average Bonchev–Trinajstić information content (AvgIpc) is 3.03. The lowest BCUT2D eigenvalue weighted by Gasteiger charge is -2.40. The molecule has 3 atom stereocenters. The predicted octanol–water partition coefficient (Wildman–Crippen LogP) is 5.38. The first-order valence-electron chi connectivity index (χ1n) is 11.3. The lowest BCUT2D eigenvalue weighted by Crippen LogP contribution is -2.39. The number of Topliss-reactive ketones (excluding diaryl/α,β-unsaturated/α-hetero) is 1. The molecule has 0 heterocycles. The maximum atomic E-state index is 13.1. The number of hydrogen-bond acceptors (Lipinski definition) is 5. The number of hydrogen-bond donors (Lipinski definition) is 0. The number of rotatable bonds is 7. The summed E-state index contributed by atoms with van der Waals surface area (Å²) >= 11 is 0. The van der Waals surface area contributed by atoms with Gasteiger partial charge in [0.2, 0.25) is 0 Å². The van der Waals surface area contributed by atoms with E-state index in [0.717, 1.165) is 30.4 Å². The average molecular weight is 429 g/mol. The molecule has 0 radical (unpaired) electrons. The van der Waals surface area contributed by atoms with Gasteiger partial charge in [0.25, 0.3) is 0 Å². The summed E-state index contributed by atoms with van der Waals surface area (Å²) in [6.07, 6.45) is 3.48. The van der Waals surface area contributed by atoms with Gasteiger partial charge in [-0.3, -0.25) is 9.59 Å². The second-order valence-electron chi connectivity index (χ2n) is 9.84. The predicted molar refractivity (Wildman–Crippen MR) is 120 cm³/mol. The zero-order valence-electron chi connectivity index (χ0n) is 19.7. The van der Waals surface area contributed by atoms with Crippen LogP contribution >= 0.6 is 0 Å². The van der Waals surface area contributed by atoms with E-state index in [2.05, 4.69) is 27.7 Å². The Hall–Kier alpha value is -2.14. The molecule has 5 nitrogen and oxygen atoms in total. The zero-order valence-corrected chi connectivity index (χ0v) is 19.7. The summed E-state index contributed by atoms with van der Waals surface area (Å²) in [5.74, 6) is 0.000647. The van der Waals surface area contributed by atoms with Crippen molar-refractivity contribution in [3.63, 3.8) is 0 Å². The summed E-state index contributed by atoms with van der Waals surface area (Å²) in [6, 6.07) is 7.48. The van der Waals surface area contributed by atoms with E-state index in [-0.39, 0.29) is 28.9 Å². The number of carbonyl (C=O) groups excluding carboxylic acids is 2. The third-order valence-corrected chi connectivity index (χ3v) is 6.60. The molecule has 170 valence electrons. The van der Waals surface area contributed by atoms with Crippen LogP contribution in [0.25, 0.3) is 0 Å². The Labute approximate surface area is 186 Å². The van der Waals surface area contributed by atoms with Gasteiger partial charge in [-0.2, -0.15) is 0 Å². The molecule has 0 aliphatic heterocycles. The van der Waals surface area contributed by atoms with Gasteiger partial charge in [0.05, 0.1) is 31.3 Å². The molecule has 0 amide bonds. The molecule has 1 saturated carbocycles. The highest BCUT2D eigenvalue weighted by Gasteiger charge is 2.49. The molecular formula is C26H36O5. The molecule has 5 heteroatoms. The molecule has 0 spiro atoms. The van der Waals surface area contributed by atoms with Crippen LogP contribution in [0.2, 0.25) is 0 Å². The highest BCUT2D eigenvalue weighted by molar-refractivity contribution is 5.98. The van der Waals surface area contributed by atoms with Crippen molar-refractivity contribution >= 4 is 11.8 Å². The van der Waals surface area contributed by atoms with E-state index in [9.17, 15) is 9.59 Å². The number of methoxy groups -OCH3 is 1. The van der Waals surface area contributed by atoms with E-state index in [4.69, 9.17) is 14.2 Å². The molecule has 1 aromatic carbocycles. The van der Waals surface area contributed by atoms with Gasteiger partial charge in [0.15, 0.2) is 5.78 Å². The fourth-order valence-electron chi connectivity index (χ4n) is 5.07. The number of benzene rings is 1. The van der Waals surface area contributed by atoms with E-state index >= 15 is 0 Å². The van der Waals surface area contributed by atoms with Crippen molar-refractivity contribution in [3.05, 3.63) is 41.0 Å². The molecule has 0 N–H and O–H groups in total. The van der Waals surface area contributed by atoms with Crippen LogP contribution in [0.5, 0.6) is 5.75 Å². The number of ether oxygens (including phenoxy) is 3. The topological polar surface area (TPSA) is 61.8 Å². The zero-order chi connectivity index (χ0) is 22.8. The Morgan fingerprint density at radius 1 is 1.26 bits per heavy atom. The molecule has 1 aromatic rings. The van der Waals surface area contributed by atoms with Gasteiger partial charge >= 0.3 is 5.97 Å². The molecule has 2 aliphatic carbocycles. The number of allylic oxidation sites excluding steroid dienone is 1. The second-order valence-corrected chi connectivity index (χ2v) is 9.84. The van der Waals surface area contributed by atoms with E-state index in [1.165, 1.54) is 5.57 Å². The summed E-state index contributed by atoms with van der Waals surface area (Å²) in [6.45, 7) is 10.6. The number of carbonyl (C=O) groups is 2. The van der Waals surface area contributed by atoms with Crippen molar-refractivity contribution in [1.29, 1.82) is 0 Å². The van der Waals surface area contributed by atoms with Crippen LogP contribution in [0.1, 0.15) is 78.2 Å². The van der Waals surface area contributed by atoms with E-state index in [1.807, 2.05) is 24.3 Å². The van der Waals surface area contributed by atoms with Crippen LogP contribution in [-0.4, -0.2) is 37.2 Å². The largest absolute Gasteiger partial charge is 0.497 e. The quantitative estimate of drug-likeness (QED) is 0.546. The van der Waals surface area contributed by atoms with Gasteiger partial charge in [-0.25, -0.2) is 0 Å².